The second-order valence-electron chi connectivity index (χ2n) is 5.68. The minimum absolute atomic E-state index is 0.0401. The molecular weight excluding hydrogens is 336 g/mol. The molecule has 0 saturated heterocycles. The highest BCUT2D eigenvalue weighted by Crippen LogP contribution is 2.42. The molecule has 1 fully saturated rings. The lowest BCUT2D eigenvalue weighted by Crippen LogP contribution is -2.55. The monoisotopic (exact) mass is 353 g/mol. The highest BCUT2D eigenvalue weighted by Gasteiger charge is 2.50. The highest BCUT2D eigenvalue weighted by molar-refractivity contribution is 9.09. The Balaban J connectivity index is 2.10. The fourth-order valence-corrected chi connectivity index (χ4v) is 3.96. The topological polar surface area (TPSA) is 89.1 Å². The summed E-state index contributed by atoms with van der Waals surface area (Å²) in [4.78, 5) is 21.1. The maximum absolute atomic E-state index is 12.6. The summed E-state index contributed by atoms with van der Waals surface area (Å²) < 4.78 is -0.0564. The van der Waals surface area contributed by atoms with Crippen LogP contribution in [0.2, 0.25) is 0 Å². The average Bonchev–Trinajstić information content (AvgIpc) is 2.44. The molecule has 21 heavy (non-hydrogen) atoms. The Bertz CT molecular complexity index is 626. The fraction of sp³-hybridized carbons (Fsp3) is 0.500. The minimum Gasteiger partial charge on any atom is -0.393 e. The molecular formula is C14H18BrN4O2+. The van der Waals surface area contributed by atoms with Gasteiger partial charge in [-0.15, -0.1) is 3.51 Å². The lowest BCUT2D eigenvalue weighted by molar-refractivity contribution is -0.122. The van der Waals surface area contributed by atoms with Crippen LogP contribution < -0.4 is 9.24 Å². The first-order chi connectivity index (χ1) is 9.92. The Labute approximate surface area is 131 Å². The van der Waals surface area contributed by atoms with Crippen molar-refractivity contribution in [2.45, 2.75) is 44.8 Å². The SMILES string of the molecule is Cc1nc(N)nc2c1C=CC(=O)[N+]2(Br)[C@H]1CC[C@H](O)CC1. The third kappa shape index (κ3) is 2.29. The largest absolute Gasteiger partial charge is 0.393 e. The number of hydrogen-bond donors (Lipinski definition) is 2. The summed E-state index contributed by atoms with van der Waals surface area (Å²) >= 11 is 3.62. The molecule has 2 aliphatic rings. The maximum atomic E-state index is 12.6. The number of halogens is 1. The lowest BCUT2D eigenvalue weighted by Gasteiger charge is -2.38. The van der Waals surface area contributed by atoms with E-state index in [0.717, 1.165) is 24.1 Å². The van der Waals surface area contributed by atoms with Gasteiger partial charge in [0.15, 0.2) is 0 Å². The molecule has 1 aliphatic carbocycles. The van der Waals surface area contributed by atoms with E-state index in [-0.39, 0.29) is 27.5 Å². The lowest BCUT2D eigenvalue weighted by atomic mass is 9.91. The predicted octanol–water partition coefficient (Wildman–Crippen LogP) is 1.84. The van der Waals surface area contributed by atoms with E-state index in [1.807, 2.05) is 6.92 Å². The van der Waals surface area contributed by atoms with E-state index in [2.05, 4.69) is 26.1 Å². The van der Waals surface area contributed by atoms with Crippen LogP contribution in [0, 0.1) is 6.92 Å². The van der Waals surface area contributed by atoms with Crippen molar-refractivity contribution >= 4 is 39.9 Å². The number of rotatable bonds is 1. The van der Waals surface area contributed by atoms with Crippen molar-refractivity contribution in [1.82, 2.24) is 13.5 Å². The minimum atomic E-state index is -0.271. The summed E-state index contributed by atoms with van der Waals surface area (Å²) in [6, 6.07) is 0.0401. The zero-order chi connectivity index (χ0) is 15.2. The first kappa shape index (κ1) is 14.6. The van der Waals surface area contributed by atoms with Gasteiger partial charge in [0.05, 0.1) is 17.4 Å². The van der Waals surface area contributed by atoms with E-state index in [1.165, 1.54) is 0 Å². The number of carbonyl (C=O) groups excluding carboxylic acids is 1. The first-order valence-electron chi connectivity index (χ1n) is 7.06. The Hall–Kier alpha value is -1.31. The van der Waals surface area contributed by atoms with E-state index >= 15 is 0 Å². The van der Waals surface area contributed by atoms with E-state index in [1.54, 1.807) is 12.2 Å². The van der Waals surface area contributed by atoms with Crippen molar-refractivity contribution in [1.29, 1.82) is 0 Å². The number of aromatic nitrogens is 2. The van der Waals surface area contributed by atoms with Gasteiger partial charge in [0, 0.05) is 18.9 Å². The fourth-order valence-electron chi connectivity index (χ4n) is 3.17. The molecule has 1 amide bonds. The van der Waals surface area contributed by atoms with Gasteiger partial charge in [-0.25, -0.2) is 9.78 Å². The molecule has 6 nitrogen and oxygen atoms in total. The van der Waals surface area contributed by atoms with Crippen molar-refractivity contribution in [3.05, 3.63) is 17.3 Å². The van der Waals surface area contributed by atoms with Crippen LogP contribution in [0.1, 0.15) is 36.9 Å². The van der Waals surface area contributed by atoms with Gasteiger partial charge in [0.1, 0.15) is 6.04 Å². The standard InChI is InChI=1S/C14H17BrN4O2/c1-8-11-6-7-12(21)19(15,13(11)18-14(16)17-8)9-2-4-10(20)5-3-9/h6-7,9-10,20H,2-5H2,1H3,(H-,16,17,18,21)/p+1/t9-,10-,19?. The van der Waals surface area contributed by atoms with Crippen molar-refractivity contribution in [3.63, 3.8) is 0 Å². The van der Waals surface area contributed by atoms with Crippen LogP contribution in [-0.2, 0) is 4.79 Å². The Kier molecular flexibility index (Phi) is 3.59. The smallest absolute Gasteiger partial charge is 0.355 e. The molecule has 112 valence electrons. The van der Waals surface area contributed by atoms with Crippen molar-refractivity contribution in [3.8, 4) is 0 Å². The Morgan fingerprint density at radius 2 is 1.95 bits per heavy atom. The normalized spacial score (nSPS) is 32.0. The van der Waals surface area contributed by atoms with Crippen LogP contribution in [0.4, 0.5) is 11.8 Å². The first-order valence-corrected chi connectivity index (χ1v) is 7.77. The number of nitrogens with zero attached hydrogens (tertiary/aromatic N) is 3. The number of nitrogens with two attached hydrogens (primary N) is 1. The van der Waals surface area contributed by atoms with E-state index < -0.39 is 0 Å². The molecule has 0 bridgehead atoms. The van der Waals surface area contributed by atoms with Crippen LogP contribution >= 0.6 is 16.1 Å². The highest BCUT2D eigenvalue weighted by atomic mass is 79.9. The second-order valence-corrected chi connectivity index (χ2v) is 6.79. The van der Waals surface area contributed by atoms with Gasteiger partial charge >= 0.3 is 5.91 Å². The van der Waals surface area contributed by atoms with Crippen molar-refractivity contribution in [2.75, 3.05) is 5.73 Å². The summed E-state index contributed by atoms with van der Waals surface area (Å²) in [7, 11) is 0. The van der Waals surface area contributed by atoms with Crippen LogP contribution in [-0.4, -0.2) is 33.1 Å². The number of aliphatic hydroxyl groups is 1. The second kappa shape index (κ2) is 5.15. The van der Waals surface area contributed by atoms with Gasteiger partial charge in [-0.1, -0.05) is 0 Å². The number of hydrogen-bond acceptors (Lipinski definition) is 5. The average molecular weight is 354 g/mol. The number of amides is 1. The van der Waals surface area contributed by atoms with E-state index in [4.69, 9.17) is 5.73 Å². The molecule has 1 atom stereocenters. The van der Waals surface area contributed by atoms with Crippen molar-refractivity contribution < 1.29 is 9.90 Å². The van der Waals surface area contributed by atoms with Gasteiger partial charge < -0.3 is 10.8 Å². The number of aliphatic hydroxyl groups excluding tert-OH is 1. The number of quaternary nitrogens is 1. The van der Waals surface area contributed by atoms with Crippen LogP contribution in [0.25, 0.3) is 6.08 Å². The maximum Gasteiger partial charge on any atom is 0.355 e. The Morgan fingerprint density at radius 1 is 1.29 bits per heavy atom. The van der Waals surface area contributed by atoms with Gasteiger partial charge in [-0.3, -0.25) is 0 Å². The molecule has 3 rings (SSSR count). The Morgan fingerprint density at radius 3 is 2.62 bits per heavy atom. The van der Waals surface area contributed by atoms with E-state index in [9.17, 15) is 9.90 Å². The molecule has 0 aromatic carbocycles. The van der Waals surface area contributed by atoms with Gasteiger partial charge in [-0.05, 0) is 25.8 Å². The van der Waals surface area contributed by atoms with Crippen LogP contribution in [0.3, 0.4) is 0 Å². The number of nitrogen functional groups attached to an aromatic ring is 1. The summed E-state index contributed by atoms with van der Waals surface area (Å²) in [6.45, 7) is 1.86. The molecule has 0 radical (unpaired) electrons. The van der Waals surface area contributed by atoms with Crippen molar-refractivity contribution in [2.24, 2.45) is 0 Å². The number of carbonyl (C=O) groups is 1. The third-order valence-electron chi connectivity index (χ3n) is 4.32. The molecule has 1 unspecified atom stereocenters. The summed E-state index contributed by atoms with van der Waals surface area (Å²) in [5.41, 5.74) is 7.38. The molecule has 2 heterocycles. The van der Waals surface area contributed by atoms with E-state index in [0.29, 0.717) is 18.7 Å². The molecule has 1 aromatic rings. The predicted molar refractivity (Wildman–Crippen MR) is 84.2 cm³/mol. The summed E-state index contributed by atoms with van der Waals surface area (Å²) in [6.07, 6.45) is 5.95. The molecule has 0 spiro atoms. The number of anilines is 1. The number of fused-ring (bicyclic) bond motifs is 1. The molecule has 1 saturated carbocycles. The molecule has 1 aliphatic heterocycles. The molecule has 3 N–H and O–H groups in total. The van der Waals surface area contributed by atoms with Gasteiger partial charge in [-0.2, -0.15) is 4.98 Å². The summed E-state index contributed by atoms with van der Waals surface area (Å²) in [5.74, 6) is 0.711. The van der Waals surface area contributed by atoms with Gasteiger partial charge in [0.25, 0.3) is 5.82 Å². The quantitative estimate of drug-likeness (QED) is 0.752. The van der Waals surface area contributed by atoms with Gasteiger partial charge in [0.2, 0.25) is 22.1 Å². The summed E-state index contributed by atoms with van der Waals surface area (Å²) in [5, 5.41) is 9.69. The number of aryl methyl sites for hydroxylation is 1. The molecule has 7 heteroatoms. The zero-order valence-corrected chi connectivity index (χ0v) is 13.4. The molecule has 1 aromatic heterocycles. The third-order valence-corrected chi connectivity index (χ3v) is 5.59. The zero-order valence-electron chi connectivity index (χ0n) is 11.8. The van der Waals surface area contributed by atoms with Crippen LogP contribution in [0.15, 0.2) is 6.08 Å². The van der Waals surface area contributed by atoms with Crippen LogP contribution in [0.5, 0.6) is 0 Å².